The maximum atomic E-state index is 12.6. The summed E-state index contributed by atoms with van der Waals surface area (Å²) >= 11 is 1.63. The third kappa shape index (κ3) is 6.95. The molecule has 0 radical (unpaired) electrons. The zero-order valence-electron chi connectivity index (χ0n) is 16.2. The van der Waals surface area contributed by atoms with Crippen molar-refractivity contribution in [3.63, 3.8) is 0 Å². The monoisotopic (exact) mass is 414 g/mol. The van der Waals surface area contributed by atoms with Crippen molar-refractivity contribution < 1.29 is 27.4 Å². The van der Waals surface area contributed by atoms with Gasteiger partial charge in [-0.15, -0.1) is 11.8 Å². The Labute approximate surface area is 168 Å². The summed E-state index contributed by atoms with van der Waals surface area (Å²) in [7, 11) is 1.59. The predicted molar refractivity (Wildman–Crippen MR) is 105 cm³/mol. The number of thioether (sulfide) groups is 1. The minimum Gasteiger partial charge on any atom is -0.493 e. The Hall–Kier alpha value is -1.86. The van der Waals surface area contributed by atoms with Crippen molar-refractivity contribution in [2.75, 3.05) is 26.1 Å². The molecule has 0 N–H and O–H groups in total. The smallest absolute Gasteiger partial charge is 0.416 e. The van der Waals surface area contributed by atoms with E-state index < -0.39 is 11.7 Å². The maximum absolute atomic E-state index is 12.6. The van der Waals surface area contributed by atoms with Gasteiger partial charge < -0.3 is 14.2 Å². The molecular formula is C21H25F3O3S. The van der Waals surface area contributed by atoms with Crippen molar-refractivity contribution in [1.29, 1.82) is 0 Å². The van der Waals surface area contributed by atoms with Crippen LogP contribution in [0.25, 0.3) is 0 Å². The van der Waals surface area contributed by atoms with Gasteiger partial charge in [0.2, 0.25) is 0 Å². The summed E-state index contributed by atoms with van der Waals surface area (Å²) in [6.07, 6.45) is -3.58. The van der Waals surface area contributed by atoms with Gasteiger partial charge in [0.1, 0.15) is 24.2 Å². The summed E-state index contributed by atoms with van der Waals surface area (Å²) in [6.45, 7) is 5.03. The van der Waals surface area contributed by atoms with Gasteiger partial charge in [0, 0.05) is 17.8 Å². The third-order valence-electron chi connectivity index (χ3n) is 3.99. The molecule has 0 spiro atoms. The molecule has 2 aromatic carbocycles. The molecule has 3 nitrogen and oxygen atoms in total. The Balaban J connectivity index is 1.85. The number of ether oxygens (including phenoxy) is 3. The van der Waals surface area contributed by atoms with Gasteiger partial charge in [0.15, 0.2) is 0 Å². The van der Waals surface area contributed by atoms with Crippen molar-refractivity contribution in [3.8, 4) is 11.5 Å². The second-order valence-electron chi connectivity index (χ2n) is 6.28. The number of halogens is 3. The SMILES string of the molecule is CCCOc1ccc(SCC(COc2ccc(C(F)(F)F)cc2)OC)cc1C. The number of aryl methyl sites for hydroxylation is 1. The van der Waals surface area contributed by atoms with Gasteiger partial charge in [-0.1, -0.05) is 6.92 Å². The van der Waals surface area contributed by atoms with Crippen LogP contribution in [0.1, 0.15) is 24.5 Å². The van der Waals surface area contributed by atoms with Crippen molar-refractivity contribution in [2.45, 2.75) is 37.4 Å². The van der Waals surface area contributed by atoms with Crippen LogP contribution >= 0.6 is 11.8 Å². The van der Waals surface area contributed by atoms with E-state index in [2.05, 4.69) is 13.0 Å². The van der Waals surface area contributed by atoms with Crippen molar-refractivity contribution in [2.24, 2.45) is 0 Å². The van der Waals surface area contributed by atoms with Crippen LogP contribution in [0.3, 0.4) is 0 Å². The van der Waals surface area contributed by atoms with Crippen LogP contribution in [-0.4, -0.2) is 32.2 Å². The highest BCUT2D eigenvalue weighted by Crippen LogP contribution is 2.30. The average Bonchev–Trinajstić information content (AvgIpc) is 2.67. The first kappa shape index (κ1) is 22.4. The first-order chi connectivity index (χ1) is 13.3. The van der Waals surface area contributed by atoms with E-state index >= 15 is 0 Å². The van der Waals surface area contributed by atoms with Gasteiger partial charge in [-0.3, -0.25) is 0 Å². The number of hydrogen-bond acceptors (Lipinski definition) is 4. The molecule has 0 saturated carbocycles. The van der Waals surface area contributed by atoms with Crippen LogP contribution in [0.15, 0.2) is 47.4 Å². The first-order valence-corrected chi connectivity index (χ1v) is 10.0. The van der Waals surface area contributed by atoms with E-state index in [4.69, 9.17) is 14.2 Å². The number of alkyl halides is 3. The maximum Gasteiger partial charge on any atom is 0.416 e. The van der Waals surface area contributed by atoms with E-state index in [1.165, 1.54) is 12.1 Å². The fraction of sp³-hybridized carbons (Fsp3) is 0.429. The molecule has 0 heterocycles. The molecule has 0 aromatic heterocycles. The quantitative estimate of drug-likeness (QED) is 0.447. The number of benzene rings is 2. The molecule has 1 unspecified atom stereocenters. The summed E-state index contributed by atoms with van der Waals surface area (Å²) < 4.78 is 54.5. The Kier molecular flexibility index (Phi) is 8.51. The van der Waals surface area contributed by atoms with Crippen molar-refractivity contribution in [1.82, 2.24) is 0 Å². The summed E-state index contributed by atoms with van der Waals surface area (Å²) in [4.78, 5) is 1.10. The van der Waals surface area contributed by atoms with Crippen LogP contribution in [0.2, 0.25) is 0 Å². The fourth-order valence-corrected chi connectivity index (χ4v) is 3.42. The lowest BCUT2D eigenvalue weighted by molar-refractivity contribution is -0.137. The molecule has 0 amide bonds. The molecule has 0 aliphatic heterocycles. The fourth-order valence-electron chi connectivity index (χ4n) is 2.39. The second kappa shape index (κ2) is 10.6. The minimum absolute atomic E-state index is 0.191. The first-order valence-electron chi connectivity index (χ1n) is 9.02. The highest BCUT2D eigenvalue weighted by Gasteiger charge is 2.30. The zero-order chi connectivity index (χ0) is 20.6. The van der Waals surface area contributed by atoms with E-state index in [1.807, 2.05) is 19.1 Å². The summed E-state index contributed by atoms with van der Waals surface area (Å²) in [5, 5.41) is 0. The van der Waals surface area contributed by atoms with Crippen LogP contribution in [0.5, 0.6) is 11.5 Å². The Morgan fingerprint density at radius 3 is 2.32 bits per heavy atom. The van der Waals surface area contributed by atoms with E-state index in [9.17, 15) is 13.2 Å². The topological polar surface area (TPSA) is 27.7 Å². The molecule has 2 rings (SSSR count). The van der Waals surface area contributed by atoms with Gasteiger partial charge in [0.05, 0.1) is 12.2 Å². The van der Waals surface area contributed by atoms with Crippen LogP contribution in [-0.2, 0) is 10.9 Å². The van der Waals surface area contributed by atoms with Crippen LogP contribution in [0, 0.1) is 6.92 Å². The Morgan fingerprint density at radius 2 is 1.75 bits per heavy atom. The standard InChI is InChI=1S/C21H25F3O3S/c1-4-11-26-20-10-9-19(12-15(20)2)28-14-18(25-3)13-27-17-7-5-16(6-8-17)21(22,23)24/h5-10,12,18H,4,11,13-14H2,1-3H3. The lowest BCUT2D eigenvalue weighted by Gasteiger charge is -2.17. The van der Waals surface area contributed by atoms with Crippen LogP contribution < -0.4 is 9.47 Å². The number of hydrogen-bond donors (Lipinski definition) is 0. The molecule has 2 aromatic rings. The number of methoxy groups -OCH3 is 1. The molecular weight excluding hydrogens is 389 g/mol. The third-order valence-corrected chi connectivity index (χ3v) is 5.12. The van der Waals surface area contributed by atoms with E-state index in [0.29, 0.717) is 18.1 Å². The lowest BCUT2D eigenvalue weighted by Crippen LogP contribution is -2.22. The van der Waals surface area contributed by atoms with E-state index in [1.54, 1.807) is 18.9 Å². The highest BCUT2D eigenvalue weighted by atomic mass is 32.2. The van der Waals surface area contributed by atoms with E-state index in [0.717, 1.165) is 34.8 Å². The van der Waals surface area contributed by atoms with Crippen molar-refractivity contribution >= 4 is 11.8 Å². The predicted octanol–water partition coefficient (Wildman–Crippen LogP) is 5.99. The summed E-state index contributed by atoms with van der Waals surface area (Å²) in [5.74, 6) is 1.93. The van der Waals surface area contributed by atoms with E-state index in [-0.39, 0.29) is 12.7 Å². The molecule has 154 valence electrons. The Bertz CT molecular complexity index is 733. The molecule has 0 bridgehead atoms. The highest BCUT2D eigenvalue weighted by molar-refractivity contribution is 7.99. The lowest BCUT2D eigenvalue weighted by atomic mass is 10.2. The second-order valence-corrected chi connectivity index (χ2v) is 7.37. The molecule has 28 heavy (non-hydrogen) atoms. The Morgan fingerprint density at radius 1 is 1.04 bits per heavy atom. The largest absolute Gasteiger partial charge is 0.493 e. The molecule has 1 atom stereocenters. The van der Waals surface area contributed by atoms with Gasteiger partial charge in [-0.05, 0) is 61.4 Å². The van der Waals surface area contributed by atoms with Crippen molar-refractivity contribution in [3.05, 3.63) is 53.6 Å². The molecule has 0 saturated heterocycles. The van der Waals surface area contributed by atoms with Crippen LogP contribution in [0.4, 0.5) is 13.2 Å². The molecule has 7 heteroatoms. The molecule has 0 aliphatic rings. The van der Waals surface area contributed by atoms with Gasteiger partial charge in [0.25, 0.3) is 0 Å². The summed E-state index contributed by atoms with van der Waals surface area (Å²) in [5.41, 5.74) is 0.383. The van der Waals surface area contributed by atoms with Gasteiger partial charge in [-0.25, -0.2) is 0 Å². The minimum atomic E-state index is -4.35. The average molecular weight is 414 g/mol. The number of rotatable bonds is 10. The molecule has 0 fully saturated rings. The summed E-state index contributed by atoms with van der Waals surface area (Å²) in [6, 6.07) is 10.7. The van der Waals surface area contributed by atoms with Gasteiger partial charge >= 0.3 is 6.18 Å². The molecule has 0 aliphatic carbocycles. The van der Waals surface area contributed by atoms with Gasteiger partial charge in [-0.2, -0.15) is 13.2 Å². The normalized spacial score (nSPS) is 12.6. The zero-order valence-corrected chi connectivity index (χ0v) is 17.0.